The summed E-state index contributed by atoms with van der Waals surface area (Å²) in [4.78, 5) is 36.4. The number of ether oxygens (including phenoxy) is 1. The number of carbonyl (C=O) groups is 3. The Labute approximate surface area is 171 Å². The number of hydrogen-bond acceptors (Lipinski definition) is 4. The number of fused-ring (bicyclic) bond motifs is 5. The Morgan fingerprint density at radius 3 is 2.46 bits per heavy atom. The van der Waals surface area contributed by atoms with Gasteiger partial charge >= 0.3 is 5.97 Å². The van der Waals surface area contributed by atoms with Gasteiger partial charge < -0.3 is 4.74 Å². The highest BCUT2D eigenvalue weighted by molar-refractivity contribution is 6.33. The van der Waals surface area contributed by atoms with Crippen LogP contribution in [0.3, 0.4) is 0 Å². The number of esters is 1. The third kappa shape index (κ3) is 2.67. The van der Waals surface area contributed by atoms with Gasteiger partial charge in [0.2, 0.25) is 0 Å². The molecule has 0 aromatic rings. The van der Waals surface area contributed by atoms with Crippen molar-refractivity contribution in [2.75, 3.05) is 0 Å². The lowest BCUT2D eigenvalue weighted by atomic mass is 9.48. The Bertz CT molecular complexity index is 824. The van der Waals surface area contributed by atoms with Crippen LogP contribution in [0.4, 0.5) is 0 Å². The van der Waals surface area contributed by atoms with Crippen LogP contribution in [0.1, 0.15) is 66.2 Å². The molecule has 2 saturated carbocycles. The van der Waals surface area contributed by atoms with Gasteiger partial charge in [0.15, 0.2) is 5.78 Å². The van der Waals surface area contributed by atoms with Gasteiger partial charge in [-0.1, -0.05) is 25.4 Å². The maximum absolute atomic E-state index is 12.3. The number of rotatable bonds is 2. The molecular weight excluding hydrogens is 376 g/mol. The van der Waals surface area contributed by atoms with E-state index >= 15 is 0 Å². The lowest BCUT2D eigenvalue weighted by molar-refractivity contribution is -0.142. The molecule has 2 fully saturated rings. The van der Waals surface area contributed by atoms with Gasteiger partial charge in [0.1, 0.15) is 11.5 Å². The molecule has 0 amide bonds. The molecule has 28 heavy (non-hydrogen) atoms. The van der Waals surface area contributed by atoms with E-state index in [0.29, 0.717) is 17.2 Å². The molecule has 0 heterocycles. The molecule has 4 rings (SSSR count). The van der Waals surface area contributed by atoms with Crippen LogP contribution < -0.4 is 0 Å². The minimum Gasteiger partial charge on any atom is -0.429 e. The van der Waals surface area contributed by atoms with Gasteiger partial charge in [-0.2, -0.15) is 0 Å². The van der Waals surface area contributed by atoms with Crippen molar-refractivity contribution in [2.45, 2.75) is 66.2 Å². The first-order valence-corrected chi connectivity index (χ1v) is 10.8. The second kappa shape index (κ2) is 6.55. The largest absolute Gasteiger partial charge is 0.429 e. The first kappa shape index (κ1) is 19.9. The van der Waals surface area contributed by atoms with Crippen LogP contribution >= 0.6 is 11.6 Å². The van der Waals surface area contributed by atoms with Gasteiger partial charge in [-0.05, 0) is 73.3 Å². The summed E-state index contributed by atoms with van der Waals surface area (Å²) in [6, 6.07) is 0. The van der Waals surface area contributed by atoms with Crippen LogP contribution in [-0.2, 0) is 19.1 Å². The molecule has 5 heteroatoms. The minimum absolute atomic E-state index is 0.0230. The number of hydrogen-bond donors (Lipinski definition) is 0. The van der Waals surface area contributed by atoms with Crippen LogP contribution in [0.5, 0.6) is 0 Å². The van der Waals surface area contributed by atoms with E-state index in [-0.39, 0.29) is 52.0 Å². The molecule has 4 aliphatic carbocycles. The Morgan fingerprint density at radius 2 is 1.82 bits per heavy atom. The molecule has 0 bridgehead atoms. The molecule has 6 atom stereocenters. The summed E-state index contributed by atoms with van der Waals surface area (Å²) < 4.78 is 5.72. The number of halogens is 1. The summed E-state index contributed by atoms with van der Waals surface area (Å²) >= 11 is 6.82. The standard InChI is InChI=1S/C23H29ClO4/c1-12(25)15-5-6-16-19-17(8-10-22(15,16)3)23(4)9-7-14(27)11-18(23)20(24)21(19)28-13(2)26/h11,15-17,19H,5-10H2,1-4H3/t15-,16+,17+,19+,22-,23-/m1/s1. The minimum atomic E-state index is -0.383. The number of allylic oxidation sites excluding steroid dienone is 4. The van der Waals surface area contributed by atoms with Crippen molar-refractivity contribution in [3.05, 3.63) is 22.4 Å². The van der Waals surface area contributed by atoms with Gasteiger partial charge in [-0.3, -0.25) is 14.4 Å². The van der Waals surface area contributed by atoms with E-state index in [1.807, 2.05) is 0 Å². The van der Waals surface area contributed by atoms with Gasteiger partial charge in [0.05, 0.1) is 5.03 Å². The zero-order valence-electron chi connectivity index (χ0n) is 17.1. The number of ketones is 2. The predicted octanol–water partition coefficient (Wildman–Crippen LogP) is 4.96. The highest BCUT2D eigenvalue weighted by Gasteiger charge is 2.62. The zero-order valence-corrected chi connectivity index (χ0v) is 17.9. The van der Waals surface area contributed by atoms with Gasteiger partial charge in [-0.15, -0.1) is 0 Å². The van der Waals surface area contributed by atoms with E-state index in [4.69, 9.17) is 16.3 Å². The Kier molecular flexibility index (Phi) is 4.65. The van der Waals surface area contributed by atoms with Crippen molar-refractivity contribution in [1.82, 2.24) is 0 Å². The third-order valence-electron chi connectivity index (χ3n) is 8.40. The fourth-order valence-electron chi connectivity index (χ4n) is 7.05. The van der Waals surface area contributed by atoms with E-state index in [0.717, 1.165) is 37.7 Å². The van der Waals surface area contributed by atoms with Crippen LogP contribution in [-0.4, -0.2) is 17.5 Å². The fraction of sp³-hybridized carbons (Fsp3) is 0.696. The number of carbonyl (C=O) groups excluding carboxylic acids is 3. The topological polar surface area (TPSA) is 60.4 Å². The molecule has 4 nitrogen and oxygen atoms in total. The van der Waals surface area contributed by atoms with E-state index < -0.39 is 0 Å². The molecule has 152 valence electrons. The highest BCUT2D eigenvalue weighted by Crippen LogP contribution is 2.68. The molecular formula is C23H29ClO4. The van der Waals surface area contributed by atoms with Crippen LogP contribution in [0.2, 0.25) is 0 Å². The Morgan fingerprint density at radius 1 is 1.11 bits per heavy atom. The quantitative estimate of drug-likeness (QED) is 0.610. The summed E-state index contributed by atoms with van der Waals surface area (Å²) in [7, 11) is 0. The van der Waals surface area contributed by atoms with Gasteiger partial charge in [0, 0.05) is 25.2 Å². The molecule has 0 radical (unpaired) electrons. The van der Waals surface area contributed by atoms with E-state index in [2.05, 4.69) is 13.8 Å². The normalized spacial score (nSPS) is 42.3. The van der Waals surface area contributed by atoms with Crippen molar-refractivity contribution >= 4 is 29.1 Å². The molecule has 0 aromatic carbocycles. The summed E-state index contributed by atoms with van der Waals surface area (Å²) in [5.41, 5.74) is 0.569. The SMILES string of the molecule is CC(=O)OC1=C(Cl)C2=CC(=O)CC[C@]2(C)[C@H]2CC[C@]3(C)[C@@H](C(C)=O)CC[C@H]3[C@H]12. The molecule has 0 unspecified atom stereocenters. The first-order valence-electron chi connectivity index (χ1n) is 10.4. The van der Waals surface area contributed by atoms with Crippen molar-refractivity contribution in [1.29, 1.82) is 0 Å². The summed E-state index contributed by atoms with van der Waals surface area (Å²) in [5.74, 6) is 1.13. The third-order valence-corrected chi connectivity index (χ3v) is 8.79. The highest BCUT2D eigenvalue weighted by atomic mass is 35.5. The average Bonchev–Trinajstić information content (AvgIpc) is 2.97. The lowest BCUT2D eigenvalue weighted by Gasteiger charge is -2.57. The smallest absolute Gasteiger partial charge is 0.307 e. The predicted molar refractivity (Wildman–Crippen MR) is 106 cm³/mol. The molecule has 0 spiro atoms. The Hall–Kier alpha value is -1.42. The zero-order chi connectivity index (χ0) is 20.4. The van der Waals surface area contributed by atoms with Crippen molar-refractivity contribution in [2.24, 2.45) is 34.5 Å². The van der Waals surface area contributed by atoms with E-state index in [1.165, 1.54) is 6.92 Å². The van der Waals surface area contributed by atoms with Crippen molar-refractivity contribution in [3.8, 4) is 0 Å². The monoisotopic (exact) mass is 404 g/mol. The molecule has 4 aliphatic rings. The van der Waals surface area contributed by atoms with E-state index in [1.54, 1.807) is 13.0 Å². The van der Waals surface area contributed by atoms with E-state index in [9.17, 15) is 14.4 Å². The number of Topliss-reactive ketones (excluding diaryl/α,β-unsaturated/α-hetero) is 1. The summed E-state index contributed by atoms with van der Waals surface area (Å²) in [6.07, 6.45) is 6.78. The molecule has 0 saturated heterocycles. The van der Waals surface area contributed by atoms with Crippen LogP contribution in [0, 0.1) is 34.5 Å². The summed E-state index contributed by atoms with van der Waals surface area (Å²) in [5, 5.41) is 0.447. The second-order valence-electron chi connectivity index (χ2n) is 9.74. The van der Waals surface area contributed by atoms with Crippen molar-refractivity contribution in [3.63, 3.8) is 0 Å². The van der Waals surface area contributed by atoms with Crippen LogP contribution in [0.15, 0.2) is 22.4 Å². The summed E-state index contributed by atoms with van der Waals surface area (Å²) in [6.45, 7) is 7.56. The van der Waals surface area contributed by atoms with Crippen molar-refractivity contribution < 1.29 is 19.1 Å². The van der Waals surface area contributed by atoms with Gasteiger partial charge in [-0.25, -0.2) is 0 Å². The first-order chi connectivity index (χ1) is 13.1. The fourth-order valence-corrected chi connectivity index (χ4v) is 7.48. The van der Waals surface area contributed by atoms with Gasteiger partial charge in [0.25, 0.3) is 0 Å². The average molecular weight is 405 g/mol. The van der Waals surface area contributed by atoms with Crippen LogP contribution in [0.25, 0.3) is 0 Å². The maximum atomic E-state index is 12.3. The molecule has 0 aromatic heterocycles. The lowest BCUT2D eigenvalue weighted by Crippen LogP contribution is -2.52. The second-order valence-corrected chi connectivity index (χ2v) is 10.1. The molecule has 0 aliphatic heterocycles. The Balaban J connectivity index is 1.88. The maximum Gasteiger partial charge on any atom is 0.307 e. The molecule has 0 N–H and O–H groups in total.